The van der Waals surface area contributed by atoms with Crippen molar-refractivity contribution in [3.05, 3.63) is 121 Å². The van der Waals surface area contributed by atoms with Crippen LogP contribution in [0.25, 0.3) is 6.08 Å². The van der Waals surface area contributed by atoms with E-state index < -0.39 is 28.4 Å². The van der Waals surface area contributed by atoms with Crippen LogP contribution in [0.4, 0.5) is 11.4 Å². The molecule has 4 rings (SSSR count). The van der Waals surface area contributed by atoms with Crippen LogP contribution >= 0.6 is 22.6 Å². The zero-order valence-electron chi connectivity index (χ0n) is 17.1. The average molecular weight is 552 g/mol. The summed E-state index contributed by atoms with van der Waals surface area (Å²) in [5, 5.41) is 22.1. The van der Waals surface area contributed by atoms with Gasteiger partial charge in [0.05, 0.1) is 16.5 Å². The van der Waals surface area contributed by atoms with Crippen LogP contribution in [0.3, 0.4) is 0 Å². The normalized spacial score (nSPS) is 16.0. The minimum absolute atomic E-state index is 0.133. The van der Waals surface area contributed by atoms with Crippen molar-refractivity contribution in [3.8, 4) is 0 Å². The van der Waals surface area contributed by atoms with Crippen molar-refractivity contribution >= 4 is 51.7 Å². The van der Waals surface area contributed by atoms with Gasteiger partial charge in [0.25, 0.3) is 11.6 Å². The Morgan fingerprint density at radius 1 is 1.03 bits per heavy atom. The summed E-state index contributed by atoms with van der Waals surface area (Å²) in [5.74, 6) is -1.98. The molecule has 1 aliphatic rings. The molecule has 3 aromatic rings. The van der Waals surface area contributed by atoms with Crippen molar-refractivity contribution in [1.82, 2.24) is 0 Å². The van der Waals surface area contributed by atoms with Crippen LogP contribution in [0, 0.1) is 13.7 Å². The first-order valence-corrected chi connectivity index (χ1v) is 11.0. The topological polar surface area (TPSA) is 101 Å². The van der Waals surface area contributed by atoms with Gasteiger partial charge in [0, 0.05) is 21.4 Å². The second-order valence-corrected chi connectivity index (χ2v) is 8.52. The molecule has 0 aromatic heterocycles. The fourth-order valence-corrected chi connectivity index (χ4v) is 4.03. The maximum atomic E-state index is 13.2. The van der Waals surface area contributed by atoms with Crippen LogP contribution in [0.5, 0.6) is 0 Å². The van der Waals surface area contributed by atoms with Crippen molar-refractivity contribution in [2.45, 2.75) is 6.04 Å². The Labute approximate surface area is 203 Å². The van der Waals surface area contributed by atoms with Gasteiger partial charge in [-0.1, -0.05) is 48.5 Å². The summed E-state index contributed by atoms with van der Waals surface area (Å²) in [7, 11) is 0. The molecule has 0 fully saturated rings. The highest BCUT2D eigenvalue weighted by Gasteiger charge is 2.44. The van der Waals surface area contributed by atoms with Crippen molar-refractivity contribution in [2.75, 3.05) is 4.90 Å². The van der Waals surface area contributed by atoms with Crippen molar-refractivity contribution in [3.63, 3.8) is 0 Å². The van der Waals surface area contributed by atoms with E-state index in [4.69, 9.17) is 0 Å². The average Bonchev–Trinajstić information content (AvgIpc) is 3.09. The zero-order chi connectivity index (χ0) is 23.5. The van der Waals surface area contributed by atoms with E-state index in [1.165, 1.54) is 29.2 Å². The standard InChI is InChI=1S/C25H17IN2O5/c26-18-10-12-19(13-11-18)27-23(17-7-4-8-20(15-17)28(32)33)22(24(30)25(27)31)21(29)14-9-16-5-2-1-3-6-16/h1-15,23,30H/b14-9+. The zero-order valence-corrected chi connectivity index (χ0v) is 19.2. The molecular formula is C25H17IN2O5. The van der Waals surface area contributed by atoms with E-state index >= 15 is 0 Å². The molecule has 0 saturated carbocycles. The van der Waals surface area contributed by atoms with Gasteiger partial charge in [-0.2, -0.15) is 0 Å². The summed E-state index contributed by atoms with van der Waals surface area (Å²) in [6.07, 6.45) is 2.88. The quantitative estimate of drug-likeness (QED) is 0.192. The van der Waals surface area contributed by atoms with Gasteiger partial charge in [-0.25, -0.2) is 0 Å². The number of ketones is 1. The molecule has 1 aliphatic heterocycles. The third-order valence-electron chi connectivity index (χ3n) is 5.20. The number of hydrogen-bond donors (Lipinski definition) is 1. The van der Waals surface area contributed by atoms with Crippen molar-refractivity contribution in [2.24, 2.45) is 0 Å². The lowest BCUT2D eigenvalue weighted by Gasteiger charge is -2.26. The number of aliphatic hydroxyl groups is 1. The molecule has 8 heteroatoms. The lowest BCUT2D eigenvalue weighted by molar-refractivity contribution is -0.384. The molecule has 1 unspecified atom stereocenters. The van der Waals surface area contributed by atoms with Crippen molar-refractivity contribution < 1.29 is 19.6 Å². The molecule has 33 heavy (non-hydrogen) atoms. The Hall–Kier alpha value is -3.79. The first kappa shape index (κ1) is 22.4. The van der Waals surface area contributed by atoms with Gasteiger partial charge < -0.3 is 5.11 Å². The number of amides is 1. The fraction of sp³-hybridized carbons (Fsp3) is 0.0400. The molecule has 0 bridgehead atoms. The Morgan fingerprint density at radius 3 is 2.39 bits per heavy atom. The summed E-state index contributed by atoms with van der Waals surface area (Å²) in [6, 6.07) is 20.8. The third kappa shape index (κ3) is 4.56. The Morgan fingerprint density at radius 2 is 1.73 bits per heavy atom. The van der Waals surface area contributed by atoms with Crippen LogP contribution in [0.2, 0.25) is 0 Å². The predicted octanol–water partition coefficient (Wildman–Crippen LogP) is 5.38. The molecule has 1 amide bonds. The molecule has 164 valence electrons. The predicted molar refractivity (Wildman–Crippen MR) is 133 cm³/mol. The number of nitro groups is 1. The molecule has 3 aromatic carbocycles. The molecule has 7 nitrogen and oxygen atoms in total. The molecule has 0 radical (unpaired) electrons. The minimum atomic E-state index is -1.02. The largest absolute Gasteiger partial charge is 0.503 e. The summed E-state index contributed by atoms with van der Waals surface area (Å²) in [6.45, 7) is 0. The Kier molecular flexibility index (Phi) is 6.36. The number of rotatable bonds is 6. The number of carbonyl (C=O) groups is 2. The van der Waals surface area contributed by atoms with Gasteiger partial charge in [-0.3, -0.25) is 24.6 Å². The van der Waals surface area contributed by atoms with Crippen LogP contribution in [-0.2, 0) is 9.59 Å². The van der Waals surface area contributed by atoms with E-state index in [1.807, 2.05) is 30.3 Å². The first-order chi connectivity index (χ1) is 15.9. The monoisotopic (exact) mass is 552 g/mol. The van der Waals surface area contributed by atoms with Gasteiger partial charge in [0.15, 0.2) is 11.5 Å². The van der Waals surface area contributed by atoms with E-state index in [2.05, 4.69) is 22.6 Å². The van der Waals surface area contributed by atoms with E-state index in [0.717, 1.165) is 9.13 Å². The highest BCUT2D eigenvalue weighted by Crippen LogP contribution is 2.42. The molecule has 0 spiro atoms. The number of halogens is 1. The van der Waals surface area contributed by atoms with Gasteiger partial charge in [0.1, 0.15) is 0 Å². The number of benzene rings is 3. The number of nitro benzene ring substituents is 1. The number of anilines is 1. The summed E-state index contributed by atoms with van der Waals surface area (Å²) < 4.78 is 0.939. The van der Waals surface area contributed by atoms with Gasteiger partial charge in [-0.05, 0) is 64.1 Å². The number of non-ortho nitro benzene ring substituents is 1. The molecular weight excluding hydrogens is 535 g/mol. The highest BCUT2D eigenvalue weighted by atomic mass is 127. The molecule has 1 heterocycles. The fourth-order valence-electron chi connectivity index (χ4n) is 3.67. The Balaban J connectivity index is 1.82. The lowest BCUT2D eigenvalue weighted by atomic mass is 9.95. The summed E-state index contributed by atoms with van der Waals surface area (Å²) in [5.41, 5.74) is 1.26. The molecule has 1 atom stereocenters. The SMILES string of the molecule is O=C(/C=C/c1ccccc1)C1=C(O)C(=O)N(c2ccc(I)cc2)C1c1cccc([N+](=O)[O-])c1. The smallest absolute Gasteiger partial charge is 0.294 e. The van der Waals surface area contributed by atoms with Crippen molar-refractivity contribution in [1.29, 1.82) is 0 Å². The minimum Gasteiger partial charge on any atom is -0.503 e. The van der Waals surface area contributed by atoms with E-state index in [-0.39, 0.29) is 11.3 Å². The maximum absolute atomic E-state index is 13.2. The second kappa shape index (κ2) is 9.37. The number of carbonyl (C=O) groups excluding carboxylic acids is 2. The number of allylic oxidation sites excluding steroid dienone is 1. The Bertz CT molecular complexity index is 1300. The lowest BCUT2D eigenvalue weighted by Crippen LogP contribution is -2.30. The highest BCUT2D eigenvalue weighted by molar-refractivity contribution is 14.1. The maximum Gasteiger partial charge on any atom is 0.294 e. The van der Waals surface area contributed by atoms with Gasteiger partial charge in [0.2, 0.25) is 0 Å². The first-order valence-electron chi connectivity index (χ1n) is 9.91. The van der Waals surface area contributed by atoms with E-state index in [1.54, 1.807) is 36.4 Å². The van der Waals surface area contributed by atoms with E-state index in [9.17, 15) is 24.8 Å². The third-order valence-corrected chi connectivity index (χ3v) is 5.92. The molecule has 0 saturated heterocycles. The number of hydrogen-bond acceptors (Lipinski definition) is 5. The number of nitrogens with zero attached hydrogens (tertiary/aromatic N) is 2. The summed E-state index contributed by atoms with van der Waals surface area (Å²) >= 11 is 2.13. The number of aliphatic hydroxyl groups excluding tert-OH is 1. The van der Waals surface area contributed by atoms with Crippen LogP contribution in [0.1, 0.15) is 17.2 Å². The van der Waals surface area contributed by atoms with Gasteiger partial charge >= 0.3 is 0 Å². The van der Waals surface area contributed by atoms with Crippen LogP contribution in [-0.4, -0.2) is 21.7 Å². The van der Waals surface area contributed by atoms with Gasteiger partial charge in [-0.15, -0.1) is 0 Å². The van der Waals surface area contributed by atoms with Crippen LogP contribution < -0.4 is 4.90 Å². The molecule has 1 N–H and O–H groups in total. The molecule has 0 aliphatic carbocycles. The second-order valence-electron chi connectivity index (χ2n) is 7.28. The summed E-state index contributed by atoms with van der Waals surface area (Å²) in [4.78, 5) is 38.4. The van der Waals surface area contributed by atoms with Crippen LogP contribution in [0.15, 0.2) is 96.3 Å². The van der Waals surface area contributed by atoms with E-state index in [0.29, 0.717) is 11.3 Å².